The fourth-order valence-electron chi connectivity index (χ4n) is 5.12. The lowest BCUT2D eigenvalue weighted by atomic mass is 9.85. The molecule has 0 unspecified atom stereocenters. The van der Waals surface area contributed by atoms with Crippen LogP contribution in [0.25, 0.3) is 0 Å². The Labute approximate surface area is 146 Å². The van der Waals surface area contributed by atoms with Crippen LogP contribution in [0.1, 0.15) is 25.3 Å². The molecular weight excluding hydrogens is 316 g/mol. The quantitative estimate of drug-likeness (QED) is 0.482. The number of hydrogen-bond donors (Lipinski definition) is 0. The van der Waals surface area contributed by atoms with Crippen LogP contribution in [0.4, 0.5) is 0 Å². The highest BCUT2D eigenvalue weighted by Gasteiger charge is 2.73. The maximum absolute atomic E-state index is 12.8. The number of rotatable bonds is 4. The Hall–Kier alpha value is -2.43. The molecule has 5 heteroatoms. The molecule has 4 aliphatic rings. The molecular formula is C20H20N2O3. The zero-order valence-electron chi connectivity index (χ0n) is 14.1. The summed E-state index contributed by atoms with van der Waals surface area (Å²) in [5.74, 6) is 0.639. The van der Waals surface area contributed by atoms with Crippen molar-refractivity contribution < 1.29 is 14.3 Å². The minimum Gasteiger partial charge on any atom is -0.494 e. The Bertz CT molecular complexity index is 773. The van der Waals surface area contributed by atoms with E-state index in [1.54, 1.807) is 6.21 Å². The van der Waals surface area contributed by atoms with E-state index < -0.39 is 0 Å². The minimum atomic E-state index is -0.192. The van der Waals surface area contributed by atoms with Gasteiger partial charge < -0.3 is 4.74 Å². The molecule has 5 rings (SSSR count). The van der Waals surface area contributed by atoms with Gasteiger partial charge in [0, 0.05) is 0 Å². The molecule has 0 aromatic heterocycles. The normalized spacial score (nSPS) is 33.7. The van der Waals surface area contributed by atoms with Gasteiger partial charge in [0.25, 0.3) is 11.8 Å². The number of nitrogens with zero attached hydrogens (tertiary/aromatic N) is 2. The number of allylic oxidation sites excluding steroid dienone is 2. The molecule has 1 heterocycles. The van der Waals surface area contributed by atoms with Crippen molar-refractivity contribution >= 4 is 18.0 Å². The van der Waals surface area contributed by atoms with Crippen LogP contribution >= 0.6 is 0 Å². The summed E-state index contributed by atoms with van der Waals surface area (Å²) in [4.78, 5) is 25.6. The van der Waals surface area contributed by atoms with Crippen LogP contribution in [0, 0.1) is 29.1 Å². The van der Waals surface area contributed by atoms with E-state index in [4.69, 9.17) is 4.74 Å². The summed E-state index contributed by atoms with van der Waals surface area (Å²) in [6.45, 7) is 2.55. The van der Waals surface area contributed by atoms with Crippen LogP contribution in [0.5, 0.6) is 5.75 Å². The molecule has 2 saturated carbocycles. The van der Waals surface area contributed by atoms with Gasteiger partial charge in [-0.2, -0.15) is 10.1 Å². The van der Waals surface area contributed by atoms with Gasteiger partial charge in [0.05, 0.1) is 24.7 Å². The summed E-state index contributed by atoms with van der Waals surface area (Å²) in [5.41, 5.74) is 1.06. The first-order valence-corrected chi connectivity index (χ1v) is 8.99. The SMILES string of the molecule is CCOc1ccc(/C=N\N2C(=O)[C@H]3[C@H](C2=O)[C@H]2C=C[C@H]3C23CC3)cc1. The maximum Gasteiger partial charge on any atom is 0.254 e. The van der Waals surface area contributed by atoms with E-state index in [0.29, 0.717) is 6.61 Å². The molecule has 0 radical (unpaired) electrons. The van der Waals surface area contributed by atoms with E-state index >= 15 is 0 Å². The van der Waals surface area contributed by atoms with Gasteiger partial charge in [-0.25, -0.2) is 0 Å². The van der Waals surface area contributed by atoms with Crippen LogP contribution in [-0.2, 0) is 9.59 Å². The Morgan fingerprint density at radius 2 is 1.72 bits per heavy atom. The number of hydrazone groups is 1. The van der Waals surface area contributed by atoms with E-state index in [1.165, 1.54) is 0 Å². The van der Waals surface area contributed by atoms with Gasteiger partial charge in [-0.05, 0) is 66.8 Å². The van der Waals surface area contributed by atoms with Crippen LogP contribution in [0.15, 0.2) is 41.5 Å². The fourth-order valence-corrected chi connectivity index (χ4v) is 5.12. The zero-order chi connectivity index (χ0) is 17.2. The van der Waals surface area contributed by atoms with Crippen LogP contribution in [-0.4, -0.2) is 29.6 Å². The van der Waals surface area contributed by atoms with E-state index in [0.717, 1.165) is 29.2 Å². The highest BCUT2D eigenvalue weighted by molar-refractivity contribution is 6.07. The van der Waals surface area contributed by atoms with Gasteiger partial charge in [0.2, 0.25) is 0 Å². The van der Waals surface area contributed by atoms with Gasteiger partial charge in [-0.3, -0.25) is 9.59 Å². The molecule has 128 valence electrons. The molecule has 1 aliphatic heterocycles. The van der Waals surface area contributed by atoms with Crippen molar-refractivity contribution in [1.82, 2.24) is 5.01 Å². The summed E-state index contributed by atoms with van der Waals surface area (Å²) < 4.78 is 5.41. The van der Waals surface area contributed by atoms with Crippen LogP contribution in [0.3, 0.4) is 0 Å². The second-order valence-corrected chi connectivity index (χ2v) is 7.46. The van der Waals surface area contributed by atoms with Gasteiger partial charge >= 0.3 is 0 Å². The Morgan fingerprint density at radius 1 is 1.12 bits per heavy atom. The highest BCUT2D eigenvalue weighted by atomic mass is 16.5. The summed E-state index contributed by atoms with van der Waals surface area (Å²) in [6, 6.07) is 7.44. The van der Waals surface area contributed by atoms with Crippen LogP contribution in [0.2, 0.25) is 0 Å². The molecule has 1 spiro atoms. The van der Waals surface area contributed by atoms with Crippen molar-refractivity contribution in [1.29, 1.82) is 0 Å². The third-order valence-corrected chi connectivity index (χ3v) is 6.34. The smallest absolute Gasteiger partial charge is 0.254 e. The molecule has 25 heavy (non-hydrogen) atoms. The molecule has 3 aliphatic carbocycles. The van der Waals surface area contributed by atoms with Gasteiger partial charge in [0.1, 0.15) is 5.75 Å². The maximum atomic E-state index is 12.8. The second-order valence-electron chi connectivity index (χ2n) is 7.46. The van der Waals surface area contributed by atoms with Gasteiger partial charge in [-0.1, -0.05) is 12.2 Å². The number of hydrogen-bond acceptors (Lipinski definition) is 4. The van der Waals surface area contributed by atoms with Gasteiger partial charge in [-0.15, -0.1) is 0 Å². The lowest BCUT2D eigenvalue weighted by Crippen LogP contribution is -2.30. The molecule has 2 bridgehead atoms. The zero-order valence-corrected chi connectivity index (χ0v) is 14.1. The summed E-state index contributed by atoms with van der Waals surface area (Å²) in [7, 11) is 0. The number of carbonyl (C=O) groups excluding carboxylic acids is 2. The average molecular weight is 336 g/mol. The standard InChI is InChI=1S/C20H20N2O3/c1-2-25-13-5-3-12(4-6-13)11-21-22-18(23)16-14-7-8-15(17(16)19(22)24)20(14)9-10-20/h3-8,11,14-17H,2,9-10H2,1H3/b21-11-/t14-,15-,16-,17-/m1/s1. The Balaban J connectivity index is 1.36. The first kappa shape index (κ1) is 14.9. The number of ether oxygens (including phenoxy) is 1. The molecule has 1 saturated heterocycles. The van der Waals surface area contributed by atoms with Crippen LogP contribution < -0.4 is 4.74 Å². The lowest BCUT2D eigenvalue weighted by Gasteiger charge is -2.18. The summed E-state index contributed by atoms with van der Waals surface area (Å²) >= 11 is 0. The van der Waals surface area contributed by atoms with E-state index in [-0.39, 0.29) is 40.9 Å². The van der Waals surface area contributed by atoms with Crippen molar-refractivity contribution in [2.45, 2.75) is 19.8 Å². The number of carbonyl (C=O) groups is 2. The fraction of sp³-hybridized carbons (Fsp3) is 0.450. The molecule has 3 fully saturated rings. The average Bonchev–Trinajstić information content (AvgIpc) is 3.22. The van der Waals surface area contributed by atoms with E-state index in [1.807, 2.05) is 31.2 Å². The molecule has 5 nitrogen and oxygen atoms in total. The van der Waals surface area contributed by atoms with Crippen molar-refractivity contribution in [3.8, 4) is 5.75 Å². The van der Waals surface area contributed by atoms with E-state index in [9.17, 15) is 9.59 Å². The monoisotopic (exact) mass is 336 g/mol. The number of fused-ring (bicyclic) bond motifs is 3. The second kappa shape index (κ2) is 5.04. The minimum absolute atomic E-state index is 0.125. The predicted octanol–water partition coefficient (Wildman–Crippen LogP) is 2.62. The summed E-state index contributed by atoms with van der Waals surface area (Å²) in [5, 5.41) is 5.32. The van der Waals surface area contributed by atoms with Gasteiger partial charge in [0.15, 0.2) is 0 Å². The first-order chi connectivity index (χ1) is 12.2. The molecule has 1 aromatic carbocycles. The van der Waals surface area contributed by atoms with E-state index in [2.05, 4.69) is 17.3 Å². The lowest BCUT2D eigenvalue weighted by molar-refractivity contribution is -0.141. The number of amides is 2. The third-order valence-electron chi connectivity index (χ3n) is 6.34. The topological polar surface area (TPSA) is 59.0 Å². The Morgan fingerprint density at radius 3 is 2.24 bits per heavy atom. The number of imide groups is 1. The largest absolute Gasteiger partial charge is 0.494 e. The summed E-state index contributed by atoms with van der Waals surface area (Å²) in [6.07, 6.45) is 8.22. The van der Waals surface area contributed by atoms with Crippen molar-refractivity contribution in [2.24, 2.45) is 34.2 Å². The first-order valence-electron chi connectivity index (χ1n) is 8.99. The van der Waals surface area contributed by atoms with Crippen molar-refractivity contribution in [3.05, 3.63) is 42.0 Å². The van der Waals surface area contributed by atoms with Crippen molar-refractivity contribution in [2.75, 3.05) is 6.61 Å². The molecule has 1 aromatic rings. The predicted molar refractivity (Wildman–Crippen MR) is 91.8 cm³/mol. The number of benzene rings is 1. The molecule has 0 N–H and O–H groups in total. The van der Waals surface area contributed by atoms with Crippen molar-refractivity contribution in [3.63, 3.8) is 0 Å². The molecule has 4 atom stereocenters. The molecule has 2 amide bonds. The Kier molecular flexibility index (Phi) is 3.00. The third kappa shape index (κ3) is 1.92. The highest BCUT2D eigenvalue weighted by Crippen LogP contribution is 2.73.